The number of hydrogen-bond donors (Lipinski definition) is 2. The number of ether oxygens (including phenoxy) is 2. The third kappa shape index (κ3) is 4.13. The van der Waals surface area contributed by atoms with Crippen molar-refractivity contribution < 1.29 is 14.3 Å². The SMILES string of the molecule is COc1ccc(OC)c(NC(=O)NC2CCC(n3cccc4ccnc3-4)CC2)c1. The van der Waals surface area contributed by atoms with E-state index in [1.807, 2.05) is 12.3 Å². The number of nitrogens with one attached hydrogen (secondary N) is 2. The van der Waals surface area contributed by atoms with Gasteiger partial charge in [-0.2, -0.15) is 0 Å². The summed E-state index contributed by atoms with van der Waals surface area (Å²) < 4.78 is 12.8. The number of aromatic nitrogens is 2. The molecule has 2 amide bonds. The third-order valence-corrected chi connectivity index (χ3v) is 5.56. The van der Waals surface area contributed by atoms with Crippen molar-refractivity contribution >= 4 is 11.7 Å². The van der Waals surface area contributed by atoms with Crippen molar-refractivity contribution in [3.05, 3.63) is 48.8 Å². The maximum absolute atomic E-state index is 12.5. The summed E-state index contributed by atoms with van der Waals surface area (Å²) in [4.78, 5) is 17.0. The molecule has 0 atom stereocenters. The Labute approximate surface area is 170 Å². The number of fused-ring (bicyclic) bond motifs is 1. The van der Waals surface area contributed by atoms with Crippen molar-refractivity contribution in [2.24, 2.45) is 0 Å². The van der Waals surface area contributed by atoms with Gasteiger partial charge < -0.3 is 24.7 Å². The normalized spacial score (nSPS) is 19.0. The van der Waals surface area contributed by atoms with Gasteiger partial charge in [-0.05, 0) is 56.0 Å². The predicted octanol–water partition coefficient (Wildman–Crippen LogP) is 4.31. The minimum atomic E-state index is -0.229. The minimum absolute atomic E-state index is 0.148. The van der Waals surface area contributed by atoms with Crippen molar-refractivity contribution in [1.29, 1.82) is 0 Å². The highest BCUT2D eigenvalue weighted by molar-refractivity contribution is 5.91. The molecule has 0 bridgehead atoms. The number of pyridine rings is 1. The van der Waals surface area contributed by atoms with E-state index in [0.717, 1.165) is 31.5 Å². The van der Waals surface area contributed by atoms with Crippen LogP contribution in [0.1, 0.15) is 31.7 Å². The molecule has 7 nitrogen and oxygen atoms in total. The van der Waals surface area contributed by atoms with E-state index in [1.165, 1.54) is 5.56 Å². The molecule has 152 valence electrons. The van der Waals surface area contributed by atoms with Crippen molar-refractivity contribution in [1.82, 2.24) is 14.9 Å². The van der Waals surface area contributed by atoms with Gasteiger partial charge in [0, 0.05) is 36.1 Å². The van der Waals surface area contributed by atoms with Gasteiger partial charge in [0.1, 0.15) is 17.3 Å². The summed E-state index contributed by atoms with van der Waals surface area (Å²) in [5.41, 5.74) is 1.75. The van der Waals surface area contributed by atoms with Crippen LogP contribution in [-0.2, 0) is 0 Å². The number of urea groups is 1. The summed E-state index contributed by atoms with van der Waals surface area (Å²) >= 11 is 0. The smallest absolute Gasteiger partial charge is 0.319 e. The lowest BCUT2D eigenvalue weighted by atomic mass is 9.90. The summed E-state index contributed by atoms with van der Waals surface area (Å²) in [5, 5.41) is 5.97. The fourth-order valence-electron chi connectivity index (χ4n) is 4.04. The first-order valence-corrected chi connectivity index (χ1v) is 9.89. The van der Waals surface area contributed by atoms with E-state index in [1.54, 1.807) is 32.4 Å². The molecule has 2 heterocycles. The lowest BCUT2D eigenvalue weighted by Gasteiger charge is -2.31. The molecule has 1 aliphatic carbocycles. The molecule has 3 aliphatic rings. The molecule has 0 aromatic heterocycles. The molecule has 0 spiro atoms. The Balaban J connectivity index is 1.34. The molecule has 29 heavy (non-hydrogen) atoms. The van der Waals surface area contributed by atoms with Crippen LogP contribution in [0.3, 0.4) is 0 Å². The highest BCUT2D eigenvalue weighted by Crippen LogP contribution is 2.33. The zero-order valence-corrected chi connectivity index (χ0v) is 16.7. The second kappa shape index (κ2) is 8.43. The second-order valence-corrected chi connectivity index (χ2v) is 7.31. The molecule has 0 unspecified atom stereocenters. The quantitative estimate of drug-likeness (QED) is 0.676. The van der Waals surface area contributed by atoms with Crippen LogP contribution >= 0.6 is 0 Å². The van der Waals surface area contributed by atoms with Crippen LogP contribution in [0.2, 0.25) is 0 Å². The molecule has 2 aliphatic heterocycles. The van der Waals surface area contributed by atoms with E-state index in [2.05, 4.69) is 38.5 Å². The zero-order valence-electron chi connectivity index (χ0n) is 16.7. The molecule has 1 saturated carbocycles. The first-order valence-electron chi connectivity index (χ1n) is 9.89. The van der Waals surface area contributed by atoms with Crippen LogP contribution in [0.5, 0.6) is 11.5 Å². The van der Waals surface area contributed by atoms with E-state index in [-0.39, 0.29) is 12.1 Å². The second-order valence-electron chi connectivity index (χ2n) is 7.31. The van der Waals surface area contributed by atoms with E-state index < -0.39 is 0 Å². The lowest BCUT2D eigenvalue weighted by molar-refractivity contribution is 0.238. The molecule has 4 rings (SSSR count). The highest BCUT2D eigenvalue weighted by atomic mass is 16.5. The number of methoxy groups -OCH3 is 2. The number of hydrogen-bond acceptors (Lipinski definition) is 4. The standard InChI is InChI=1S/C22H26N4O3/c1-28-18-9-10-20(29-2)19(14-18)25-22(27)24-16-5-7-17(8-6-16)26-13-3-4-15-11-12-23-21(15)26/h3-4,9-14,16-17H,5-8H2,1-2H3,(H2,24,25,27). The maximum Gasteiger partial charge on any atom is 0.319 e. The van der Waals surface area contributed by atoms with Gasteiger partial charge in [0.25, 0.3) is 0 Å². The van der Waals surface area contributed by atoms with Gasteiger partial charge in [-0.3, -0.25) is 0 Å². The Hall–Kier alpha value is -3.22. The fraction of sp³-hybridized carbons (Fsp3) is 0.364. The minimum Gasteiger partial charge on any atom is -0.497 e. The fourth-order valence-corrected chi connectivity index (χ4v) is 4.04. The monoisotopic (exact) mass is 394 g/mol. The number of nitrogens with zero attached hydrogens (tertiary/aromatic N) is 2. The van der Waals surface area contributed by atoms with Crippen molar-refractivity contribution in [3.8, 4) is 22.9 Å². The molecule has 7 heteroatoms. The number of benzene rings is 1. The first-order chi connectivity index (χ1) is 14.2. The number of carbonyl (C=O) groups is 1. The van der Waals surface area contributed by atoms with Gasteiger partial charge in [0.05, 0.1) is 19.9 Å². The average molecular weight is 394 g/mol. The van der Waals surface area contributed by atoms with E-state index in [9.17, 15) is 4.79 Å². The van der Waals surface area contributed by atoms with Crippen LogP contribution in [-0.4, -0.2) is 35.8 Å². The number of amides is 2. The van der Waals surface area contributed by atoms with Crippen LogP contribution in [0.4, 0.5) is 10.5 Å². The van der Waals surface area contributed by atoms with Crippen LogP contribution in [0.15, 0.2) is 48.8 Å². The summed E-state index contributed by atoms with van der Waals surface area (Å²) in [7, 11) is 3.17. The predicted molar refractivity (Wildman–Crippen MR) is 112 cm³/mol. The van der Waals surface area contributed by atoms with Gasteiger partial charge in [-0.15, -0.1) is 0 Å². The van der Waals surface area contributed by atoms with Crippen molar-refractivity contribution in [3.63, 3.8) is 0 Å². The Morgan fingerprint density at radius 1 is 1.10 bits per heavy atom. The highest BCUT2D eigenvalue weighted by Gasteiger charge is 2.25. The Morgan fingerprint density at radius 2 is 1.93 bits per heavy atom. The molecule has 1 fully saturated rings. The lowest BCUT2D eigenvalue weighted by Crippen LogP contribution is -2.40. The molecular weight excluding hydrogens is 368 g/mol. The largest absolute Gasteiger partial charge is 0.497 e. The molecule has 1 aromatic carbocycles. The van der Waals surface area contributed by atoms with E-state index in [4.69, 9.17) is 9.47 Å². The molecule has 0 saturated heterocycles. The van der Waals surface area contributed by atoms with Gasteiger partial charge in [-0.25, -0.2) is 9.78 Å². The summed E-state index contributed by atoms with van der Waals surface area (Å²) in [5.74, 6) is 2.29. The van der Waals surface area contributed by atoms with Crippen LogP contribution in [0, 0.1) is 0 Å². The Kier molecular flexibility index (Phi) is 5.55. The maximum atomic E-state index is 12.5. The molecular formula is C22H26N4O3. The Morgan fingerprint density at radius 3 is 2.69 bits per heavy atom. The molecule has 2 N–H and O–H groups in total. The number of carbonyl (C=O) groups excluding carboxylic acids is 1. The third-order valence-electron chi connectivity index (χ3n) is 5.56. The molecule has 0 radical (unpaired) electrons. The zero-order chi connectivity index (χ0) is 20.2. The first kappa shape index (κ1) is 19.1. The van der Waals surface area contributed by atoms with Crippen molar-refractivity contribution in [2.75, 3.05) is 19.5 Å². The number of rotatable bonds is 5. The van der Waals surface area contributed by atoms with E-state index >= 15 is 0 Å². The summed E-state index contributed by atoms with van der Waals surface area (Å²) in [6, 6.07) is 11.8. The van der Waals surface area contributed by atoms with Gasteiger partial charge >= 0.3 is 6.03 Å². The van der Waals surface area contributed by atoms with Crippen molar-refractivity contribution in [2.45, 2.75) is 37.8 Å². The van der Waals surface area contributed by atoms with Crippen LogP contribution < -0.4 is 20.1 Å². The average Bonchev–Trinajstić information content (AvgIpc) is 3.23. The Bertz CT molecular complexity index is 947. The summed E-state index contributed by atoms with van der Waals surface area (Å²) in [6.07, 6.45) is 7.82. The van der Waals surface area contributed by atoms with Gasteiger partial charge in [-0.1, -0.05) is 0 Å². The molecule has 1 aromatic rings. The topological polar surface area (TPSA) is 77.4 Å². The number of anilines is 1. The van der Waals surface area contributed by atoms with Gasteiger partial charge in [0.2, 0.25) is 0 Å². The summed E-state index contributed by atoms with van der Waals surface area (Å²) in [6.45, 7) is 0. The van der Waals surface area contributed by atoms with Crippen LogP contribution in [0.25, 0.3) is 11.4 Å². The van der Waals surface area contributed by atoms with E-state index in [0.29, 0.717) is 23.2 Å². The van der Waals surface area contributed by atoms with Gasteiger partial charge in [0.15, 0.2) is 0 Å².